The molecule has 1 aliphatic carbocycles. The van der Waals surface area contributed by atoms with Crippen LogP contribution in [0, 0.1) is 12.8 Å². The SMILES string of the molecule is CN=C(NCc1ccc(C)cc1N(C)C)N(C)CCOCC1CC1.I. The molecule has 0 spiro atoms. The van der Waals surface area contributed by atoms with Gasteiger partial charge in [0.1, 0.15) is 0 Å². The van der Waals surface area contributed by atoms with E-state index in [2.05, 4.69) is 66.4 Å². The Hall–Kier alpha value is -1.02. The number of benzene rings is 1. The molecular formula is C19H33IN4O. The highest BCUT2D eigenvalue weighted by Gasteiger charge is 2.21. The van der Waals surface area contributed by atoms with Crippen molar-refractivity contribution < 1.29 is 4.74 Å². The Bertz CT molecular complexity index is 558. The highest BCUT2D eigenvalue weighted by atomic mass is 127. The minimum Gasteiger partial charge on any atom is -0.379 e. The maximum atomic E-state index is 5.72. The maximum Gasteiger partial charge on any atom is 0.193 e. The van der Waals surface area contributed by atoms with Gasteiger partial charge in [-0.3, -0.25) is 4.99 Å². The number of aryl methyl sites for hydroxylation is 1. The Kier molecular flexibility index (Phi) is 9.56. The molecule has 0 unspecified atom stereocenters. The van der Waals surface area contributed by atoms with Gasteiger partial charge in [0, 0.05) is 53.6 Å². The van der Waals surface area contributed by atoms with Gasteiger partial charge in [0.15, 0.2) is 5.96 Å². The number of nitrogens with zero attached hydrogens (tertiary/aromatic N) is 3. The van der Waals surface area contributed by atoms with E-state index in [1.54, 1.807) is 0 Å². The second kappa shape index (κ2) is 10.9. The Morgan fingerprint density at radius 2 is 2.00 bits per heavy atom. The normalized spacial score (nSPS) is 14.0. The number of hydrogen-bond acceptors (Lipinski definition) is 3. The van der Waals surface area contributed by atoms with E-state index in [-0.39, 0.29) is 24.0 Å². The van der Waals surface area contributed by atoms with Crippen molar-refractivity contribution in [2.75, 3.05) is 52.8 Å². The van der Waals surface area contributed by atoms with E-state index >= 15 is 0 Å². The van der Waals surface area contributed by atoms with Gasteiger partial charge in [0.25, 0.3) is 0 Å². The lowest BCUT2D eigenvalue weighted by atomic mass is 10.1. The van der Waals surface area contributed by atoms with Gasteiger partial charge in [-0.15, -0.1) is 24.0 Å². The van der Waals surface area contributed by atoms with Gasteiger partial charge in [-0.2, -0.15) is 0 Å². The van der Waals surface area contributed by atoms with E-state index in [0.717, 1.165) is 38.2 Å². The minimum absolute atomic E-state index is 0. The third-order valence-electron chi connectivity index (χ3n) is 4.35. The summed E-state index contributed by atoms with van der Waals surface area (Å²) in [4.78, 5) is 8.66. The summed E-state index contributed by atoms with van der Waals surface area (Å²) in [5, 5.41) is 3.46. The predicted octanol–water partition coefficient (Wildman–Crippen LogP) is 3.11. The molecule has 2 rings (SSSR count). The largest absolute Gasteiger partial charge is 0.379 e. The van der Waals surface area contributed by atoms with Gasteiger partial charge in [-0.1, -0.05) is 12.1 Å². The zero-order valence-corrected chi connectivity index (χ0v) is 18.5. The van der Waals surface area contributed by atoms with Crippen LogP contribution in [0.25, 0.3) is 0 Å². The molecule has 1 saturated carbocycles. The van der Waals surface area contributed by atoms with Gasteiger partial charge in [0.2, 0.25) is 0 Å². The average Bonchev–Trinajstić information content (AvgIpc) is 3.37. The van der Waals surface area contributed by atoms with Crippen molar-refractivity contribution in [2.45, 2.75) is 26.3 Å². The Morgan fingerprint density at radius 1 is 1.28 bits per heavy atom. The predicted molar refractivity (Wildman–Crippen MR) is 117 cm³/mol. The van der Waals surface area contributed by atoms with Crippen LogP contribution >= 0.6 is 24.0 Å². The molecule has 0 aliphatic heterocycles. The van der Waals surface area contributed by atoms with Gasteiger partial charge in [-0.25, -0.2) is 0 Å². The van der Waals surface area contributed by atoms with E-state index < -0.39 is 0 Å². The zero-order valence-electron chi connectivity index (χ0n) is 16.2. The molecular weight excluding hydrogens is 427 g/mol. The smallest absolute Gasteiger partial charge is 0.193 e. The molecule has 1 N–H and O–H groups in total. The van der Waals surface area contributed by atoms with Crippen LogP contribution in [0.5, 0.6) is 0 Å². The van der Waals surface area contributed by atoms with Gasteiger partial charge < -0.3 is 19.9 Å². The summed E-state index contributed by atoms with van der Waals surface area (Å²) in [7, 11) is 8.04. The van der Waals surface area contributed by atoms with Crippen LogP contribution in [-0.2, 0) is 11.3 Å². The molecule has 142 valence electrons. The quantitative estimate of drug-likeness (QED) is 0.280. The molecule has 0 radical (unpaired) electrons. The van der Waals surface area contributed by atoms with Crippen molar-refractivity contribution in [3.63, 3.8) is 0 Å². The summed E-state index contributed by atoms with van der Waals surface area (Å²) in [6.45, 7) is 5.39. The van der Waals surface area contributed by atoms with Crippen molar-refractivity contribution >= 4 is 35.6 Å². The first-order valence-corrected chi connectivity index (χ1v) is 8.77. The molecule has 0 amide bonds. The third kappa shape index (κ3) is 7.40. The molecule has 25 heavy (non-hydrogen) atoms. The molecule has 1 aliphatic rings. The first-order chi connectivity index (χ1) is 11.5. The summed E-state index contributed by atoms with van der Waals surface area (Å²) in [5.74, 6) is 1.72. The highest BCUT2D eigenvalue weighted by Crippen LogP contribution is 2.28. The lowest BCUT2D eigenvalue weighted by Crippen LogP contribution is -2.40. The van der Waals surface area contributed by atoms with E-state index in [1.165, 1.54) is 29.7 Å². The fraction of sp³-hybridized carbons (Fsp3) is 0.632. The molecule has 0 heterocycles. The Labute approximate surface area is 169 Å². The summed E-state index contributed by atoms with van der Waals surface area (Å²) in [5.41, 5.74) is 3.79. The molecule has 0 atom stereocenters. The van der Waals surface area contributed by atoms with Gasteiger partial charge in [-0.05, 0) is 42.9 Å². The topological polar surface area (TPSA) is 40.1 Å². The highest BCUT2D eigenvalue weighted by molar-refractivity contribution is 14.0. The van der Waals surface area contributed by atoms with Crippen molar-refractivity contribution in [1.82, 2.24) is 10.2 Å². The first-order valence-electron chi connectivity index (χ1n) is 8.77. The number of nitrogens with one attached hydrogen (secondary N) is 1. The van der Waals surface area contributed by atoms with Gasteiger partial charge in [0.05, 0.1) is 6.61 Å². The standard InChI is InChI=1S/C19H32N4O.HI/c1-15-6-9-17(18(12-15)22(3)4)13-21-19(20-2)23(5)10-11-24-14-16-7-8-16;/h6,9,12,16H,7-8,10-11,13-14H2,1-5H3,(H,20,21);1H. The fourth-order valence-electron chi connectivity index (χ4n) is 2.64. The van der Waals surface area contributed by atoms with Crippen LogP contribution in [-0.4, -0.2) is 58.8 Å². The monoisotopic (exact) mass is 460 g/mol. The molecule has 0 saturated heterocycles. The summed E-state index contributed by atoms with van der Waals surface area (Å²) in [6.07, 6.45) is 2.67. The second-order valence-corrected chi connectivity index (χ2v) is 6.87. The average molecular weight is 460 g/mol. The van der Waals surface area contributed by atoms with Crippen LogP contribution in [0.2, 0.25) is 0 Å². The molecule has 1 aromatic carbocycles. The number of anilines is 1. The fourth-order valence-corrected chi connectivity index (χ4v) is 2.64. The summed E-state index contributed by atoms with van der Waals surface area (Å²) in [6, 6.07) is 6.56. The van der Waals surface area contributed by atoms with Crippen molar-refractivity contribution in [3.8, 4) is 0 Å². The number of likely N-dealkylation sites (N-methyl/N-ethyl adjacent to an activating group) is 1. The van der Waals surface area contributed by atoms with Crippen LogP contribution in [0.3, 0.4) is 0 Å². The van der Waals surface area contributed by atoms with E-state index in [9.17, 15) is 0 Å². The number of hydrogen-bond donors (Lipinski definition) is 1. The molecule has 1 aromatic rings. The third-order valence-corrected chi connectivity index (χ3v) is 4.35. The van der Waals surface area contributed by atoms with Crippen LogP contribution in [0.4, 0.5) is 5.69 Å². The second-order valence-electron chi connectivity index (χ2n) is 6.87. The number of halogens is 1. The first kappa shape index (κ1) is 22.0. The maximum absolute atomic E-state index is 5.72. The molecule has 0 bridgehead atoms. The molecule has 0 aromatic heterocycles. The van der Waals surface area contributed by atoms with E-state index in [1.807, 2.05) is 7.05 Å². The zero-order chi connectivity index (χ0) is 17.5. The lowest BCUT2D eigenvalue weighted by Gasteiger charge is -2.24. The number of rotatable bonds is 8. The Balaban J connectivity index is 0.00000312. The lowest BCUT2D eigenvalue weighted by molar-refractivity contribution is 0.115. The van der Waals surface area contributed by atoms with Crippen LogP contribution in [0.1, 0.15) is 24.0 Å². The van der Waals surface area contributed by atoms with Crippen molar-refractivity contribution in [2.24, 2.45) is 10.9 Å². The van der Waals surface area contributed by atoms with Crippen molar-refractivity contribution in [3.05, 3.63) is 29.3 Å². The van der Waals surface area contributed by atoms with Crippen LogP contribution < -0.4 is 10.2 Å². The number of ether oxygens (including phenoxy) is 1. The summed E-state index contributed by atoms with van der Waals surface area (Å²) >= 11 is 0. The minimum atomic E-state index is 0. The van der Waals surface area contributed by atoms with Gasteiger partial charge >= 0.3 is 0 Å². The van der Waals surface area contributed by atoms with E-state index in [4.69, 9.17) is 4.74 Å². The molecule has 5 nitrogen and oxygen atoms in total. The van der Waals surface area contributed by atoms with E-state index in [0.29, 0.717) is 0 Å². The van der Waals surface area contributed by atoms with Crippen LogP contribution in [0.15, 0.2) is 23.2 Å². The number of guanidine groups is 1. The Morgan fingerprint density at radius 3 is 2.60 bits per heavy atom. The molecule has 6 heteroatoms. The van der Waals surface area contributed by atoms with Crippen molar-refractivity contribution in [1.29, 1.82) is 0 Å². The molecule has 1 fully saturated rings. The summed E-state index contributed by atoms with van der Waals surface area (Å²) < 4.78 is 5.72. The number of aliphatic imine (C=N–C) groups is 1.